The summed E-state index contributed by atoms with van der Waals surface area (Å²) in [5, 5.41) is 10.6. The van der Waals surface area contributed by atoms with Crippen LogP contribution in [0.4, 0.5) is 5.69 Å². The minimum Gasteiger partial charge on any atom is -0.465 e. The van der Waals surface area contributed by atoms with Gasteiger partial charge in [-0.25, -0.2) is 0 Å². The van der Waals surface area contributed by atoms with Crippen LogP contribution in [0.3, 0.4) is 0 Å². The molecule has 1 aromatic carbocycles. The van der Waals surface area contributed by atoms with Gasteiger partial charge in [0.2, 0.25) is 5.91 Å². The molecule has 6 atom stereocenters. The van der Waals surface area contributed by atoms with Crippen molar-refractivity contribution in [2.75, 3.05) is 24.7 Å². The molecule has 2 amide bonds. The number of carbonyl (C=O) groups excluding carboxylic acids is 3. The van der Waals surface area contributed by atoms with Crippen LogP contribution in [0.2, 0.25) is 5.02 Å². The third kappa shape index (κ3) is 3.56. The molecule has 1 unspecified atom stereocenters. The number of anilines is 1. The molecule has 7 nitrogen and oxygen atoms in total. The van der Waals surface area contributed by atoms with E-state index in [2.05, 4.69) is 0 Å². The highest BCUT2D eigenvalue weighted by Gasteiger charge is 2.74. The molecule has 35 heavy (non-hydrogen) atoms. The lowest BCUT2D eigenvalue weighted by Gasteiger charge is -2.39. The number of para-hydroxylation sites is 1. The van der Waals surface area contributed by atoms with Gasteiger partial charge in [-0.3, -0.25) is 14.4 Å². The number of ether oxygens (including phenoxy) is 1. The topological polar surface area (TPSA) is 87.2 Å². The molecule has 2 fully saturated rings. The lowest BCUT2D eigenvalue weighted by molar-refractivity contribution is -0.154. The number of carbonyl (C=O) groups is 3. The van der Waals surface area contributed by atoms with E-state index in [4.69, 9.17) is 16.3 Å². The molecular weight excluding hydrogens is 488 g/mol. The number of likely N-dealkylation sites (tertiary alicyclic amines) is 1. The van der Waals surface area contributed by atoms with E-state index < -0.39 is 39.4 Å². The lowest BCUT2D eigenvalue weighted by Crippen LogP contribution is -2.56. The van der Waals surface area contributed by atoms with Crippen molar-refractivity contribution in [2.24, 2.45) is 11.8 Å². The third-order valence-corrected chi connectivity index (χ3v) is 9.79. The zero-order valence-electron chi connectivity index (χ0n) is 19.7. The monoisotopic (exact) mass is 516 g/mol. The number of benzene rings is 1. The van der Waals surface area contributed by atoms with E-state index in [0.29, 0.717) is 23.6 Å². The fourth-order valence-electron chi connectivity index (χ4n) is 6.12. The van der Waals surface area contributed by atoms with E-state index in [0.717, 1.165) is 0 Å². The highest BCUT2D eigenvalue weighted by atomic mass is 35.5. The SMILES string of the molecule is CC[C@@H](CO)N1C(=O)[C@@H]2[C@H]3C(=O)OCCC=C[C@@]3(C)S[C@@]23C=CCN(c2ccccc2Cl)C(=O)C13. The van der Waals surface area contributed by atoms with Crippen LogP contribution in [0.25, 0.3) is 0 Å². The Balaban J connectivity index is 1.69. The molecule has 1 N–H and O–H groups in total. The minimum atomic E-state index is -0.986. The van der Waals surface area contributed by atoms with Gasteiger partial charge in [-0.05, 0) is 31.9 Å². The van der Waals surface area contributed by atoms with Crippen molar-refractivity contribution in [3.63, 3.8) is 0 Å². The maximum absolute atomic E-state index is 14.3. The van der Waals surface area contributed by atoms with Gasteiger partial charge in [0.1, 0.15) is 6.04 Å². The van der Waals surface area contributed by atoms with Crippen molar-refractivity contribution in [3.05, 3.63) is 53.6 Å². The average molecular weight is 517 g/mol. The smallest absolute Gasteiger partial charge is 0.311 e. The third-order valence-electron chi connectivity index (χ3n) is 7.68. The standard InChI is InChI=1S/C26H29ClN2O5S/c1-3-16(15-30)29-21-23(32)28(18-10-5-4-9-17(18)27)13-8-12-26(21)19(22(29)31)20-24(33)34-14-7-6-11-25(20,2)35-26/h4-6,8-12,16,19-21,30H,3,7,13-15H2,1-2H3/t16-,19-,20-,21?,25+,26-/m0/s1. The van der Waals surface area contributed by atoms with Gasteiger partial charge < -0.3 is 19.6 Å². The molecule has 0 saturated carbocycles. The van der Waals surface area contributed by atoms with Crippen LogP contribution in [-0.4, -0.2) is 69.1 Å². The second-order valence-corrected chi connectivity index (χ2v) is 11.8. The number of aliphatic hydroxyl groups excluding tert-OH is 1. The van der Waals surface area contributed by atoms with Crippen molar-refractivity contribution < 1.29 is 24.2 Å². The quantitative estimate of drug-likeness (QED) is 0.488. The highest BCUT2D eigenvalue weighted by Crippen LogP contribution is 2.65. The Morgan fingerprint density at radius 2 is 1.94 bits per heavy atom. The molecule has 0 radical (unpaired) electrons. The van der Waals surface area contributed by atoms with Gasteiger partial charge >= 0.3 is 5.97 Å². The number of thioether (sulfide) groups is 1. The molecule has 0 bridgehead atoms. The summed E-state index contributed by atoms with van der Waals surface area (Å²) in [6.45, 7) is 4.10. The molecule has 0 aromatic heterocycles. The fraction of sp³-hybridized carbons (Fsp3) is 0.500. The molecule has 1 spiro atoms. The van der Waals surface area contributed by atoms with Gasteiger partial charge in [-0.2, -0.15) is 0 Å². The largest absolute Gasteiger partial charge is 0.465 e. The number of rotatable bonds is 4. The molecule has 186 valence electrons. The zero-order chi connectivity index (χ0) is 25.0. The number of esters is 1. The first kappa shape index (κ1) is 24.4. The number of fused-ring (bicyclic) bond motifs is 2. The molecule has 0 aliphatic carbocycles. The van der Waals surface area contributed by atoms with Crippen LogP contribution < -0.4 is 4.90 Å². The summed E-state index contributed by atoms with van der Waals surface area (Å²) in [5.41, 5.74) is 0.563. The summed E-state index contributed by atoms with van der Waals surface area (Å²) in [6.07, 6.45) is 8.91. The van der Waals surface area contributed by atoms with E-state index in [1.165, 1.54) is 16.7 Å². The average Bonchev–Trinajstić information content (AvgIpc) is 3.15. The van der Waals surface area contributed by atoms with E-state index in [-0.39, 0.29) is 31.6 Å². The number of amides is 2. The number of hydrogen-bond acceptors (Lipinski definition) is 6. The summed E-state index contributed by atoms with van der Waals surface area (Å²) in [4.78, 5) is 44.9. The van der Waals surface area contributed by atoms with E-state index in [1.54, 1.807) is 23.1 Å². The Morgan fingerprint density at radius 3 is 2.66 bits per heavy atom. The Hall–Kier alpha value is -2.29. The molecule has 4 aliphatic rings. The predicted octanol–water partition coefficient (Wildman–Crippen LogP) is 3.20. The normalized spacial score (nSPS) is 35.1. The molecule has 4 heterocycles. The predicted molar refractivity (Wildman–Crippen MR) is 135 cm³/mol. The lowest BCUT2D eigenvalue weighted by atomic mass is 9.74. The van der Waals surface area contributed by atoms with Crippen LogP contribution in [0, 0.1) is 11.8 Å². The molecule has 5 rings (SSSR count). The molecule has 2 saturated heterocycles. The van der Waals surface area contributed by atoms with Crippen molar-refractivity contribution in [3.8, 4) is 0 Å². The number of halogens is 1. The Kier molecular flexibility index (Phi) is 6.26. The number of cyclic esters (lactones) is 1. The molecule has 9 heteroatoms. The van der Waals surface area contributed by atoms with Gasteiger partial charge in [0.25, 0.3) is 5.91 Å². The second-order valence-electron chi connectivity index (χ2n) is 9.65. The van der Waals surface area contributed by atoms with Gasteiger partial charge in [0.05, 0.1) is 46.5 Å². The van der Waals surface area contributed by atoms with Crippen molar-refractivity contribution >= 4 is 46.8 Å². The zero-order valence-corrected chi connectivity index (χ0v) is 21.3. The first-order valence-corrected chi connectivity index (χ1v) is 13.2. The first-order chi connectivity index (χ1) is 16.8. The van der Waals surface area contributed by atoms with Gasteiger partial charge in [-0.1, -0.05) is 55.0 Å². The van der Waals surface area contributed by atoms with Crippen molar-refractivity contribution in [1.29, 1.82) is 0 Å². The Labute approximate surface area is 214 Å². The second kappa shape index (κ2) is 8.98. The Morgan fingerprint density at radius 1 is 1.17 bits per heavy atom. The summed E-state index contributed by atoms with van der Waals surface area (Å²) in [5.74, 6) is -2.50. The van der Waals surface area contributed by atoms with Gasteiger partial charge in [-0.15, -0.1) is 11.8 Å². The maximum atomic E-state index is 14.3. The molecular formula is C26H29ClN2O5S. The number of nitrogens with zero attached hydrogens (tertiary/aromatic N) is 2. The van der Waals surface area contributed by atoms with E-state index in [9.17, 15) is 19.5 Å². The van der Waals surface area contributed by atoms with Gasteiger partial charge in [0.15, 0.2) is 0 Å². The minimum absolute atomic E-state index is 0.261. The molecule has 4 aliphatic heterocycles. The first-order valence-electron chi connectivity index (χ1n) is 12.0. The van der Waals surface area contributed by atoms with Crippen LogP contribution in [0.1, 0.15) is 26.7 Å². The summed E-state index contributed by atoms with van der Waals surface area (Å²) < 4.78 is 3.85. The summed E-state index contributed by atoms with van der Waals surface area (Å²) in [6, 6.07) is 5.67. The van der Waals surface area contributed by atoms with Crippen LogP contribution in [0.5, 0.6) is 0 Å². The van der Waals surface area contributed by atoms with E-state index in [1.807, 2.05) is 44.2 Å². The Bertz CT molecular complexity index is 1120. The van der Waals surface area contributed by atoms with Gasteiger partial charge in [0, 0.05) is 11.3 Å². The highest BCUT2D eigenvalue weighted by molar-refractivity contribution is 8.02. The number of hydrogen-bond donors (Lipinski definition) is 1. The van der Waals surface area contributed by atoms with Crippen molar-refractivity contribution in [2.45, 2.75) is 48.3 Å². The van der Waals surface area contributed by atoms with Crippen LogP contribution >= 0.6 is 23.4 Å². The fourth-order valence-corrected chi connectivity index (χ4v) is 8.50. The van der Waals surface area contributed by atoms with Crippen molar-refractivity contribution in [1.82, 2.24) is 4.90 Å². The number of aliphatic hydroxyl groups is 1. The van der Waals surface area contributed by atoms with Crippen LogP contribution in [-0.2, 0) is 19.1 Å². The summed E-state index contributed by atoms with van der Waals surface area (Å²) >= 11 is 7.96. The molecule has 1 aromatic rings. The van der Waals surface area contributed by atoms with E-state index >= 15 is 0 Å². The summed E-state index contributed by atoms with van der Waals surface area (Å²) in [7, 11) is 0. The van der Waals surface area contributed by atoms with Crippen LogP contribution in [0.15, 0.2) is 48.6 Å². The maximum Gasteiger partial charge on any atom is 0.311 e.